The SMILES string of the molecule is Cc1ccccc1S(=O)(=O)NC(=O)N[C@@H](C)C(=O)NCCC(=O)N[C@@H](Cc1cnc[nH]1)C(=O)O. The molecule has 1 aromatic carbocycles. The Labute approximate surface area is 195 Å². The van der Waals surface area contributed by atoms with E-state index in [1.165, 1.54) is 31.6 Å². The van der Waals surface area contributed by atoms with Gasteiger partial charge in [-0.1, -0.05) is 18.2 Å². The summed E-state index contributed by atoms with van der Waals surface area (Å²) in [4.78, 5) is 54.0. The van der Waals surface area contributed by atoms with Gasteiger partial charge < -0.3 is 26.0 Å². The average molecular weight is 495 g/mol. The second-order valence-corrected chi connectivity index (χ2v) is 9.00. The Morgan fingerprint density at radius 1 is 1.15 bits per heavy atom. The van der Waals surface area contributed by atoms with Gasteiger partial charge in [0.05, 0.1) is 11.2 Å². The second kappa shape index (κ2) is 11.8. The van der Waals surface area contributed by atoms with Crippen molar-refractivity contribution in [2.24, 2.45) is 0 Å². The Balaban J connectivity index is 1.77. The van der Waals surface area contributed by atoms with Crippen LogP contribution in [0.1, 0.15) is 24.6 Å². The first-order valence-electron chi connectivity index (χ1n) is 10.2. The molecule has 2 rings (SSSR count). The van der Waals surface area contributed by atoms with E-state index in [4.69, 9.17) is 0 Å². The highest BCUT2D eigenvalue weighted by Crippen LogP contribution is 2.13. The summed E-state index contributed by atoms with van der Waals surface area (Å²) < 4.78 is 26.5. The van der Waals surface area contributed by atoms with Gasteiger partial charge in [-0.2, -0.15) is 0 Å². The van der Waals surface area contributed by atoms with E-state index in [2.05, 4.69) is 25.9 Å². The standard InChI is InChI=1S/C20H26N6O7S/c1-12-5-3-4-6-16(12)34(32,33)26-20(31)24-13(2)18(28)22-8-7-17(27)25-15(19(29)30)9-14-10-21-11-23-14/h3-6,10-11,13,15H,7-9H2,1-2H3,(H,21,23)(H,22,28)(H,25,27)(H,29,30)(H2,24,26,31)/t13-,15-/m0/s1. The van der Waals surface area contributed by atoms with Crippen molar-refractivity contribution in [1.82, 2.24) is 30.6 Å². The number of urea groups is 1. The summed E-state index contributed by atoms with van der Waals surface area (Å²) in [5.41, 5.74) is 0.977. The number of imidazole rings is 1. The largest absolute Gasteiger partial charge is 0.480 e. The van der Waals surface area contributed by atoms with E-state index >= 15 is 0 Å². The zero-order valence-electron chi connectivity index (χ0n) is 18.5. The molecule has 13 nitrogen and oxygen atoms in total. The van der Waals surface area contributed by atoms with Gasteiger partial charge in [-0.25, -0.2) is 27.7 Å². The number of carbonyl (C=O) groups is 4. The number of hydrogen-bond donors (Lipinski definition) is 6. The smallest absolute Gasteiger partial charge is 0.329 e. The summed E-state index contributed by atoms with van der Waals surface area (Å²) in [6.07, 6.45) is 2.63. The number of H-pyrrole nitrogens is 1. The van der Waals surface area contributed by atoms with Crippen molar-refractivity contribution in [2.45, 2.75) is 43.7 Å². The third-order valence-electron chi connectivity index (χ3n) is 4.61. The van der Waals surface area contributed by atoms with Crippen LogP contribution in [0.4, 0.5) is 4.79 Å². The number of sulfonamides is 1. The third kappa shape index (κ3) is 7.88. The van der Waals surface area contributed by atoms with Crippen LogP contribution < -0.4 is 20.7 Å². The molecule has 0 aliphatic heterocycles. The van der Waals surface area contributed by atoms with E-state index in [0.29, 0.717) is 11.3 Å². The van der Waals surface area contributed by atoms with Crippen LogP contribution in [0.2, 0.25) is 0 Å². The van der Waals surface area contributed by atoms with Crippen molar-refractivity contribution in [2.75, 3.05) is 6.54 Å². The first-order chi connectivity index (χ1) is 16.0. The molecule has 0 saturated carbocycles. The van der Waals surface area contributed by atoms with E-state index in [1.54, 1.807) is 19.1 Å². The number of aromatic amines is 1. The molecule has 34 heavy (non-hydrogen) atoms. The molecule has 184 valence electrons. The van der Waals surface area contributed by atoms with Gasteiger partial charge in [0.25, 0.3) is 10.0 Å². The molecule has 1 aromatic heterocycles. The molecule has 4 amide bonds. The number of benzene rings is 1. The summed E-state index contributed by atoms with van der Waals surface area (Å²) in [7, 11) is -4.13. The van der Waals surface area contributed by atoms with Crippen molar-refractivity contribution in [3.63, 3.8) is 0 Å². The molecule has 0 bridgehead atoms. The van der Waals surface area contributed by atoms with Crippen LogP contribution >= 0.6 is 0 Å². The van der Waals surface area contributed by atoms with Gasteiger partial charge >= 0.3 is 12.0 Å². The van der Waals surface area contributed by atoms with Gasteiger partial charge in [0.1, 0.15) is 12.1 Å². The summed E-state index contributed by atoms with van der Waals surface area (Å²) in [6, 6.07) is 2.71. The molecule has 0 saturated heterocycles. The second-order valence-electron chi connectivity index (χ2n) is 7.35. The summed E-state index contributed by atoms with van der Waals surface area (Å²) in [6.45, 7) is 2.78. The van der Waals surface area contributed by atoms with E-state index in [1.807, 2.05) is 4.72 Å². The van der Waals surface area contributed by atoms with Gasteiger partial charge in [0.2, 0.25) is 11.8 Å². The van der Waals surface area contributed by atoms with Gasteiger partial charge in [-0.15, -0.1) is 0 Å². The normalized spacial score (nSPS) is 12.8. The van der Waals surface area contributed by atoms with Gasteiger partial charge in [-0.05, 0) is 25.5 Å². The number of nitrogens with one attached hydrogen (secondary N) is 5. The maximum absolute atomic E-state index is 12.3. The Kier molecular flexibility index (Phi) is 9.12. The molecule has 6 N–H and O–H groups in total. The van der Waals surface area contributed by atoms with Gasteiger partial charge in [0, 0.05) is 31.3 Å². The highest BCUT2D eigenvalue weighted by molar-refractivity contribution is 7.90. The van der Waals surface area contributed by atoms with Crippen LogP contribution in [0.5, 0.6) is 0 Å². The van der Waals surface area contributed by atoms with Crippen molar-refractivity contribution < 1.29 is 32.7 Å². The topological polar surface area (TPSA) is 199 Å². The molecule has 0 radical (unpaired) electrons. The lowest BCUT2D eigenvalue weighted by molar-refractivity contribution is -0.141. The lowest BCUT2D eigenvalue weighted by Crippen LogP contribution is -2.50. The predicted molar refractivity (Wildman–Crippen MR) is 119 cm³/mol. The number of carboxylic acid groups (broad SMARTS) is 1. The summed E-state index contributed by atoms with van der Waals surface area (Å²) >= 11 is 0. The van der Waals surface area contributed by atoms with Gasteiger partial charge in [-0.3, -0.25) is 9.59 Å². The Bertz CT molecular complexity index is 1130. The molecule has 0 aliphatic carbocycles. The minimum absolute atomic E-state index is 0.00884. The molecule has 0 spiro atoms. The first-order valence-corrected chi connectivity index (χ1v) is 11.6. The fourth-order valence-corrected chi connectivity index (χ4v) is 4.02. The van der Waals surface area contributed by atoms with Crippen LogP contribution in [-0.4, -0.2) is 65.9 Å². The molecule has 0 fully saturated rings. The van der Waals surface area contributed by atoms with E-state index in [-0.39, 0.29) is 24.3 Å². The molecular formula is C20H26N6O7S. The maximum Gasteiger partial charge on any atom is 0.329 e. The number of rotatable bonds is 11. The van der Waals surface area contributed by atoms with E-state index < -0.39 is 45.9 Å². The lowest BCUT2D eigenvalue weighted by Gasteiger charge is -2.16. The van der Waals surface area contributed by atoms with Crippen molar-refractivity contribution >= 4 is 33.8 Å². The molecule has 2 atom stereocenters. The molecule has 0 unspecified atom stereocenters. The minimum atomic E-state index is -4.13. The van der Waals surface area contributed by atoms with Crippen molar-refractivity contribution in [1.29, 1.82) is 0 Å². The van der Waals surface area contributed by atoms with E-state index in [9.17, 15) is 32.7 Å². The molecule has 2 aromatic rings. The van der Waals surface area contributed by atoms with Crippen LogP contribution in [-0.2, 0) is 30.8 Å². The highest BCUT2D eigenvalue weighted by atomic mass is 32.2. The summed E-state index contributed by atoms with van der Waals surface area (Å²) in [5, 5.41) is 16.2. The Hall–Kier alpha value is -3.94. The minimum Gasteiger partial charge on any atom is -0.480 e. The Morgan fingerprint density at radius 3 is 2.47 bits per heavy atom. The van der Waals surface area contributed by atoms with Crippen molar-refractivity contribution in [3.05, 3.63) is 48.0 Å². The first kappa shape index (κ1) is 26.3. The Morgan fingerprint density at radius 2 is 1.85 bits per heavy atom. The zero-order valence-corrected chi connectivity index (χ0v) is 19.3. The monoisotopic (exact) mass is 494 g/mol. The number of aromatic nitrogens is 2. The number of nitrogens with zero attached hydrogens (tertiary/aromatic N) is 1. The quantitative estimate of drug-likeness (QED) is 0.238. The number of hydrogen-bond acceptors (Lipinski definition) is 7. The summed E-state index contributed by atoms with van der Waals surface area (Å²) in [5.74, 6) is -2.49. The van der Waals surface area contributed by atoms with Crippen LogP contribution in [0.3, 0.4) is 0 Å². The number of aryl methyl sites for hydroxylation is 1. The van der Waals surface area contributed by atoms with Crippen LogP contribution in [0.25, 0.3) is 0 Å². The van der Waals surface area contributed by atoms with Crippen LogP contribution in [0, 0.1) is 6.92 Å². The number of amides is 4. The van der Waals surface area contributed by atoms with Gasteiger partial charge in [0.15, 0.2) is 0 Å². The zero-order chi connectivity index (χ0) is 25.3. The fourth-order valence-electron chi connectivity index (χ4n) is 2.86. The predicted octanol–water partition coefficient (Wildman–Crippen LogP) is -0.587. The molecule has 0 aliphatic rings. The lowest BCUT2D eigenvalue weighted by atomic mass is 10.1. The highest BCUT2D eigenvalue weighted by Gasteiger charge is 2.23. The number of carbonyl (C=O) groups excluding carboxylic acids is 3. The average Bonchev–Trinajstić information content (AvgIpc) is 3.26. The number of carboxylic acids is 1. The van der Waals surface area contributed by atoms with Crippen LogP contribution in [0.15, 0.2) is 41.7 Å². The fraction of sp³-hybridized carbons (Fsp3) is 0.350. The molecule has 1 heterocycles. The van der Waals surface area contributed by atoms with E-state index in [0.717, 1.165) is 0 Å². The molecular weight excluding hydrogens is 468 g/mol. The van der Waals surface area contributed by atoms with Crippen molar-refractivity contribution in [3.8, 4) is 0 Å². The maximum atomic E-state index is 12.3. The molecule has 14 heteroatoms. The number of aliphatic carboxylic acids is 1. The third-order valence-corrected chi connectivity index (χ3v) is 6.11.